The zero-order valence-electron chi connectivity index (χ0n) is 11.2. The molecule has 0 aliphatic heterocycles. The second kappa shape index (κ2) is 7.33. The predicted octanol–water partition coefficient (Wildman–Crippen LogP) is 1.19. The van der Waals surface area contributed by atoms with Crippen LogP contribution in [0.4, 0.5) is 17.8 Å². The highest BCUT2D eigenvalue weighted by molar-refractivity contribution is 5.43. The van der Waals surface area contributed by atoms with Gasteiger partial charge in [0.1, 0.15) is 0 Å². The zero-order chi connectivity index (χ0) is 13.4. The molecule has 1 aromatic rings. The van der Waals surface area contributed by atoms with E-state index in [0.29, 0.717) is 24.4 Å². The van der Waals surface area contributed by atoms with Gasteiger partial charge in [0, 0.05) is 20.1 Å². The van der Waals surface area contributed by atoms with E-state index in [0.717, 1.165) is 19.5 Å². The first-order valence-corrected chi connectivity index (χ1v) is 6.09. The molecule has 0 fully saturated rings. The normalized spacial score (nSPS) is 9.67. The Morgan fingerprint density at radius 2 is 1.83 bits per heavy atom. The average molecular weight is 248 g/mol. The summed E-state index contributed by atoms with van der Waals surface area (Å²) in [6, 6.07) is 0. The van der Waals surface area contributed by atoms with Gasteiger partial charge in [-0.2, -0.15) is 15.0 Å². The Kier molecular flexibility index (Phi) is 5.71. The highest BCUT2D eigenvalue weighted by Gasteiger charge is 2.08. The Balaban J connectivity index is 2.92. The molecule has 0 saturated carbocycles. The van der Waals surface area contributed by atoms with Crippen molar-refractivity contribution in [2.24, 2.45) is 0 Å². The Morgan fingerprint density at radius 1 is 1.17 bits per heavy atom. The molecule has 0 saturated heterocycles. The van der Waals surface area contributed by atoms with E-state index in [1.807, 2.05) is 18.9 Å². The Bertz CT molecular complexity index is 412. The van der Waals surface area contributed by atoms with E-state index >= 15 is 0 Å². The molecule has 0 aromatic carbocycles. The molecule has 0 bridgehead atoms. The predicted molar refractivity (Wildman–Crippen MR) is 74.9 cm³/mol. The van der Waals surface area contributed by atoms with Gasteiger partial charge in [0.15, 0.2) is 0 Å². The standard InChI is InChI=1S/C12H20N6/c1-5-8-13-10-15-11(14-9-6-2)17-12(16-10)18(4)7-3/h1H,6-9H2,2-4H3,(H2,13,14,15,16,17). The molecular formula is C12H20N6. The van der Waals surface area contributed by atoms with Gasteiger partial charge in [-0.25, -0.2) is 0 Å². The van der Waals surface area contributed by atoms with Crippen LogP contribution in [0.15, 0.2) is 0 Å². The maximum Gasteiger partial charge on any atom is 0.231 e. The Labute approximate surface area is 108 Å². The molecule has 6 nitrogen and oxygen atoms in total. The lowest BCUT2D eigenvalue weighted by molar-refractivity contribution is 0.874. The summed E-state index contributed by atoms with van der Waals surface area (Å²) in [4.78, 5) is 14.9. The van der Waals surface area contributed by atoms with Gasteiger partial charge in [0.25, 0.3) is 0 Å². The first-order chi connectivity index (χ1) is 8.71. The molecule has 0 amide bonds. The van der Waals surface area contributed by atoms with E-state index in [9.17, 15) is 0 Å². The summed E-state index contributed by atoms with van der Waals surface area (Å²) < 4.78 is 0. The van der Waals surface area contributed by atoms with Crippen LogP contribution in [0.5, 0.6) is 0 Å². The van der Waals surface area contributed by atoms with E-state index in [2.05, 4.69) is 38.4 Å². The van der Waals surface area contributed by atoms with Gasteiger partial charge in [-0.1, -0.05) is 12.8 Å². The third-order valence-corrected chi connectivity index (χ3v) is 2.32. The highest BCUT2D eigenvalue weighted by Crippen LogP contribution is 2.12. The number of rotatable bonds is 7. The summed E-state index contributed by atoms with van der Waals surface area (Å²) in [5, 5.41) is 6.12. The minimum absolute atomic E-state index is 0.395. The molecule has 1 heterocycles. The summed E-state index contributed by atoms with van der Waals surface area (Å²) >= 11 is 0. The van der Waals surface area contributed by atoms with E-state index in [1.54, 1.807) is 0 Å². The fraction of sp³-hybridized carbons (Fsp3) is 0.583. The molecule has 0 aliphatic carbocycles. The van der Waals surface area contributed by atoms with Crippen molar-refractivity contribution >= 4 is 17.8 Å². The Hall–Kier alpha value is -2.03. The third-order valence-electron chi connectivity index (χ3n) is 2.32. The quantitative estimate of drug-likeness (QED) is 0.707. The van der Waals surface area contributed by atoms with Crippen molar-refractivity contribution in [3.05, 3.63) is 0 Å². The van der Waals surface area contributed by atoms with Crippen LogP contribution in [0.25, 0.3) is 0 Å². The lowest BCUT2D eigenvalue weighted by Gasteiger charge is -2.16. The number of hydrogen-bond donors (Lipinski definition) is 2. The SMILES string of the molecule is C#CCNc1nc(NCCC)nc(N(C)CC)n1. The highest BCUT2D eigenvalue weighted by atomic mass is 15.3. The largest absolute Gasteiger partial charge is 0.354 e. The van der Waals surface area contributed by atoms with Crippen LogP contribution in [0.1, 0.15) is 20.3 Å². The van der Waals surface area contributed by atoms with Gasteiger partial charge >= 0.3 is 0 Å². The third kappa shape index (κ3) is 4.09. The van der Waals surface area contributed by atoms with Crippen LogP contribution < -0.4 is 15.5 Å². The van der Waals surface area contributed by atoms with Crippen LogP contribution in [-0.2, 0) is 0 Å². The van der Waals surface area contributed by atoms with Gasteiger partial charge in [-0.15, -0.1) is 6.42 Å². The molecular weight excluding hydrogens is 228 g/mol. The number of nitrogens with zero attached hydrogens (tertiary/aromatic N) is 4. The number of hydrogen-bond acceptors (Lipinski definition) is 6. The summed E-state index contributed by atoms with van der Waals surface area (Å²) in [7, 11) is 1.93. The van der Waals surface area contributed by atoms with Crippen LogP contribution in [-0.4, -0.2) is 41.6 Å². The maximum atomic E-state index is 5.21. The number of terminal acetylenes is 1. The summed E-state index contributed by atoms with van der Waals surface area (Å²) in [6.45, 7) is 6.18. The van der Waals surface area contributed by atoms with Crippen LogP contribution in [0.2, 0.25) is 0 Å². The van der Waals surface area contributed by atoms with Crippen molar-refractivity contribution in [2.75, 3.05) is 42.2 Å². The van der Waals surface area contributed by atoms with Crippen LogP contribution >= 0.6 is 0 Å². The minimum atomic E-state index is 0.395. The van der Waals surface area contributed by atoms with Gasteiger partial charge in [-0.05, 0) is 13.3 Å². The van der Waals surface area contributed by atoms with Gasteiger partial charge in [0.05, 0.1) is 6.54 Å². The average Bonchev–Trinajstić information content (AvgIpc) is 2.41. The summed E-state index contributed by atoms with van der Waals surface area (Å²) in [5.41, 5.74) is 0. The fourth-order valence-electron chi connectivity index (χ4n) is 1.20. The molecule has 0 radical (unpaired) electrons. The monoisotopic (exact) mass is 248 g/mol. The minimum Gasteiger partial charge on any atom is -0.354 e. The smallest absolute Gasteiger partial charge is 0.231 e. The second-order valence-corrected chi connectivity index (χ2v) is 3.78. The van der Waals surface area contributed by atoms with E-state index < -0.39 is 0 Å². The molecule has 0 aliphatic rings. The molecule has 0 atom stereocenters. The number of anilines is 3. The van der Waals surface area contributed by atoms with Gasteiger partial charge < -0.3 is 15.5 Å². The number of aromatic nitrogens is 3. The van der Waals surface area contributed by atoms with Crippen molar-refractivity contribution in [1.29, 1.82) is 0 Å². The van der Waals surface area contributed by atoms with Crippen molar-refractivity contribution in [3.63, 3.8) is 0 Å². The van der Waals surface area contributed by atoms with Crippen molar-refractivity contribution in [3.8, 4) is 12.3 Å². The van der Waals surface area contributed by atoms with Crippen molar-refractivity contribution in [2.45, 2.75) is 20.3 Å². The molecule has 1 aromatic heterocycles. The lowest BCUT2D eigenvalue weighted by atomic mass is 10.5. The number of nitrogens with one attached hydrogen (secondary N) is 2. The van der Waals surface area contributed by atoms with E-state index in [-0.39, 0.29) is 0 Å². The Morgan fingerprint density at radius 3 is 2.39 bits per heavy atom. The van der Waals surface area contributed by atoms with Crippen molar-refractivity contribution in [1.82, 2.24) is 15.0 Å². The fourth-order valence-corrected chi connectivity index (χ4v) is 1.20. The van der Waals surface area contributed by atoms with Gasteiger partial charge in [-0.3, -0.25) is 0 Å². The maximum absolute atomic E-state index is 5.21. The molecule has 2 N–H and O–H groups in total. The molecule has 1 rings (SSSR count). The van der Waals surface area contributed by atoms with Gasteiger partial charge in [0.2, 0.25) is 17.8 Å². The first kappa shape index (κ1) is 14.0. The second-order valence-electron chi connectivity index (χ2n) is 3.78. The zero-order valence-corrected chi connectivity index (χ0v) is 11.2. The molecule has 0 unspecified atom stereocenters. The van der Waals surface area contributed by atoms with E-state index in [1.165, 1.54) is 0 Å². The van der Waals surface area contributed by atoms with Crippen LogP contribution in [0, 0.1) is 12.3 Å². The molecule has 0 spiro atoms. The molecule has 18 heavy (non-hydrogen) atoms. The summed E-state index contributed by atoms with van der Waals surface area (Å²) in [5.74, 6) is 4.19. The first-order valence-electron chi connectivity index (χ1n) is 6.09. The lowest BCUT2D eigenvalue weighted by Crippen LogP contribution is -2.21. The molecule has 6 heteroatoms. The topological polar surface area (TPSA) is 66.0 Å². The van der Waals surface area contributed by atoms with Crippen LogP contribution in [0.3, 0.4) is 0 Å². The molecule has 98 valence electrons. The van der Waals surface area contributed by atoms with E-state index in [4.69, 9.17) is 6.42 Å². The summed E-state index contributed by atoms with van der Waals surface area (Å²) in [6.07, 6.45) is 6.22. The van der Waals surface area contributed by atoms with Crippen molar-refractivity contribution < 1.29 is 0 Å².